The van der Waals surface area contributed by atoms with Gasteiger partial charge in [-0.15, -0.1) is 0 Å². The molecule has 1 aromatic rings. The van der Waals surface area contributed by atoms with Gasteiger partial charge in [0, 0.05) is 25.7 Å². The van der Waals surface area contributed by atoms with Gasteiger partial charge in [-0.05, 0) is 12.8 Å². The van der Waals surface area contributed by atoms with Gasteiger partial charge in [0.05, 0.1) is 0 Å². The molecule has 1 heterocycles. The molecule has 0 unspecified atom stereocenters. The van der Waals surface area contributed by atoms with Gasteiger partial charge in [0.1, 0.15) is 0 Å². The monoisotopic (exact) mass is 829 g/mol. The molecule has 0 radical (unpaired) electrons. The lowest BCUT2D eigenvalue weighted by molar-refractivity contribution is -0.137. The van der Waals surface area contributed by atoms with Crippen LogP contribution in [0.4, 0.5) is 0 Å². The maximum absolute atomic E-state index is 12.9. The van der Waals surface area contributed by atoms with Crippen LogP contribution >= 0.6 is 0 Å². The minimum absolute atomic E-state index is 0.267. The summed E-state index contributed by atoms with van der Waals surface area (Å²) in [5.74, 6) is 1.27. The smallest absolute Gasteiger partial charge is 0.311 e. The van der Waals surface area contributed by atoms with Gasteiger partial charge >= 0.3 is 11.9 Å². The number of hydrogen-bond acceptors (Lipinski definition) is 5. The lowest BCUT2D eigenvalue weighted by Crippen LogP contribution is -2.12. The SMILES string of the molecule is CCCCCCCCCCCCCCCCCCCCCCC(=O)Oc1c(CC)oc(CC)c1OC(=O)CCCCCCCCCCCCCCCCCCCCCC. The van der Waals surface area contributed by atoms with Gasteiger partial charge in [0.15, 0.2) is 11.5 Å². The first kappa shape index (κ1) is 55.2. The van der Waals surface area contributed by atoms with Crippen LogP contribution < -0.4 is 9.47 Å². The predicted octanol–water partition coefficient (Wildman–Crippen LogP) is 18.6. The summed E-state index contributed by atoms with van der Waals surface area (Å²) in [5.41, 5.74) is 0. The van der Waals surface area contributed by atoms with Gasteiger partial charge in [0.25, 0.3) is 0 Å². The van der Waals surface area contributed by atoms with E-state index < -0.39 is 0 Å². The Hall–Kier alpha value is -1.78. The topological polar surface area (TPSA) is 65.7 Å². The van der Waals surface area contributed by atoms with Crippen LogP contribution in [-0.4, -0.2) is 11.9 Å². The van der Waals surface area contributed by atoms with E-state index in [2.05, 4.69) is 13.8 Å². The maximum Gasteiger partial charge on any atom is 0.311 e. The molecule has 0 atom stereocenters. The van der Waals surface area contributed by atoms with Gasteiger partial charge in [0.2, 0.25) is 11.5 Å². The maximum atomic E-state index is 12.9. The third kappa shape index (κ3) is 33.5. The number of carbonyl (C=O) groups excluding carboxylic acids is 2. The fraction of sp³-hybridized carbons (Fsp3) is 0.889. The lowest BCUT2D eigenvalue weighted by atomic mass is 10.0. The Morgan fingerprint density at radius 3 is 0.678 bits per heavy atom. The number of aryl methyl sites for hydroxylation is 2. The van der Waals surface area contributed by atoms with Gasteiger partial charge in [-0.3, -0.25) is 9.59 Å². The van der Waals surface area contributed by atoms with Crippen LogP contribution in [0.25, 0.3) is 0 Å². The number of furan rings is 1. The Morgan fingerprint density at radius 1 is 0.305 bits per heavy atom. The fourth-order valence-electron chi connectivity index (χ4n) is 8.55. The molecule has 1 aromatic heterocycles. The quantitative estimate of drug-likeness (QED) is 0.0484. The van der Waals surface area contributed by atoms with Gasteiger partial charge in [-0.1, -0.05) is 272 Å². The van der Waals surface area contributed by atoms with Crippen LogP contribution in [0.15, 0.2) is 4.42 Å². The zero-order valence-corrected chi connectivity index (χ0v) is 40.2. The summed E-state index contributed by atoms with van der Waals surface area (Å²) in [6.45, 7) is 8.52. The number of esters is 2. The number of ether oxygens (including phenoxy) is 2. The zero-order valence-electron chi connectivity index (χ0n) is 40.2. The van der Waals surface area contributed by atoms with Gasteiger partial charge in [-0.25, -0.2) is 0 Å². The Bertz CT molecular complexity index is 979. The van der Waals surface area contributed by atoms with Crippen molar-refractivity contribution < 1.29 is 23.5 Å². The molecule has 0 aliphatic heterocycles. The molecule has 59 heavy (non-hydrogen) atoms. The number of rotatable bonds is 46. The highest BCUT2D eigenvalue weighted by Gasteiger charge is 2.26. The summed E-state index contributed by atoms with van der Waals surface area (Å²) >= 11 is 0. The summed E-state index contributed by atoms with van der Waals surface area (Å²) in [4.78, 5) is 25.7. The van der Waals surface area contributed by atoms with E-state index in [-0.39, 0.29) is 11.9 Å². The predicted molar refractivity (Wildman–Crippen MR) is 254 cm³/mol. The van der Waals surface area contributed by atoms with E-state index in [0.29, 0.717) is 48.7 Å². The Kier molecular flexibility index (Phi) is 40.2. The second-order valence-corrected chi connectivity index (χ2v) is 18.2. The minimum atomic E-state index is -0.267. The molecule has 5 heteroatoms. The molecule has 0 aromatic carbocycles. The Morgan fingerprint density at radius 2 is 0.492 bits per heavy atom. The van der Waals surface area contributed by atoms with Crippen molar-refractivity contribution >= 4 is 11.9 Å². The molecule has 346 valence electrons. The van der Waals surface area contributed by atoms with Crippen LogP contribution in [0.2, 0.25) is 0 Å². The molecular formula is C54H100O5. The number of unbranched alkanes of at least 4 members (excludes halogenated alkanes) is 38. The van der Waals surface area contributed by atoms with Crippen molar-refractivity contribution in [1.82, 2.24) is 0 Å². The molecule has 0 N–H and O–H groups in total. The molecule has 0 saturated carbocycles. The molecule has 1 rings (SSSR count). The minimum Gasteiger partial charge on any atom is -0.458 e. The van der Waals surface area contributed by atoms with E-state index in [1.54, 1.807) is 0 Å². The summed E-state index contributed by atoms with van der Waals surface area (Å²) in [6.07, 6.45) is 55.3. The second-order valence-electron chi connectivity index (χ2n) is 18.2. The Balaban J connectivity index is 2.07. The highest BCUT2D eigenvalue weighted by molar-refractivity contribution is 5.77. The van der Waals surface area contributed by atoms with Crippen LogP contribution in [0, 0.1) is 0 Å². The largest absolute Gasteiger partial charge is 0.458 e. The standard InChI is InChI=1S/C54H100O5/c1-5-9-11-13-15-17-19-21-23-25-27-29-31-33-35-37-39-41-43-45-47-51(55)58-53-49(7-3)57-50(8-4)54(53)59-52(56)48-46-44-42-40-38-36-34-32-30-28-26-24-22-20-18-16-14-12-10-6-2/h5-48H2,1-4H3. The van der Waals surface area contributed by atoms with Crippen molar-refractivity contribution in [2.24, 2.45) is 0 Å². The third-order valence-electron chi connectivity index (χ3n) is 12.5. The molecule has 0 aliphatic rings. The molecule has 0 saturated heterocycles. The van der Waals surface area contributed by atoms with E-state index in [4.69, 9.17) is 13.9 Å². The lowest BCUT2D eigenvalue weighted by Gasteiger charge is -2.09. The van der Waals surface area contributed by atoms with E-state index in [1.165, 1.54) is 231 Å². The Labute approximate surface area is 367 Å². The first-order chi connectivity index (χ1) is 29.1. The molecular weight excluding hydrogens is 729 g/mol. The molecule has 0 fully saturated rings. The average Bonchev–Trinajstić information content (AvgIpc) is 3.57. The molecule has 0 aliphatic carbocycles. The van der Waals surface area contributed by atoms with Crippen LogP contribution in [0.3, 0.4) is 0 Å². The van der Waals surface area contributed by atoms with Crippen molar-refractivity contribution in [2.75, 3.05) is 0 Å². The van der Waals surface area contributed by atoms with Crippen molar-refractivity contribution in [2.45, 2.75) is 310 Å². The first-order valence-corrected chi connectivity index (χ1v) is 26.6. The molecule has 5 nitrogen and oxygen atoms in total. The first-order valence-electron chi connectivity index (χ1n) is 26.6. The third-order valence-corrected chi connectivity index (χ3v) is 12.5. The molecule has 0 amide bonds. The summed E-state index contributed by atoms with van der Waals surface area (Å²) in [5, 5.41) is 0. The van der Waals surface area contributed by atoms with Crippen LogP contribution in [0.5, 0.6) is 11.5 Å². The van der Waals surface area contributed by atoms with Crippen molar-refractivity contribution in [1.29, 1.82) is 0 Å². The van der Waals surface area contributed by atoms with Crippen LogP contribution in [0.1, 0.15) is 309 Å². The van der Waals surface area contributed by atoms with E-state index >= 15 is 0 Å². The number of carbonyl (C=O) groups is 2. The van der Waals surface area contributed by atoms with Crippen LogP contribution in [-0.2, 0) is 22.4 Å². The van der Waals surface area contributed by atoms with E-state index in [9.17, 15) is 9.59 Å². The average molecular weight is 829 g/mol. The summed E-state index contributed by atoms with van der Waals surface area (Å²) in [7, 11) is 0. The fourth-order valence-corrected chi connectivity index (χ4v) is 8.55. The van der Waals surface area contributed by atoms with E-state index in [0.717, 1.165) is 25.7 Å². The molecule has 0 bridgehead atoms. The normalized spacial score (nSPS) is 11.5. The summed E-state index contributed by atoms with van der Waals surface area (Å²) in [6, 6.07) is 0. The highest BCUT2D eigenvalue weighted by atomic mass is 16.6. The van der Waals surface area contributed by atoms with Gasteiger partial charge in [-0.2, -0.15) is 0 Å². The van der Waals surface area contributed by atoms with Gasteiger partial charge < -0.3 is 13.9 Å². The van der Waals surface area contributed by atoms with Crippen molar-refractivity contribution in [3.8, 4) is 11.5 Å². The zero-order chi connectivity index (χ0) is 42.7. The highest BCUT2D eigenvalue weighted by Crippen LogP contribution is 2.40. The molecule has 0 spiro atoms. The van der Waals surface area contributed by atoms with Crippen molar-refractivity contribution in [3.63, 3.8) is 0 Å². The van der Waals surface area contributed by atoms with E-state index in [1.807, 2.05) is 13.8 Å². The number of hydrogen-bond donors (Lipinski definition) is 0. The second kappa shape index (κ2) is 42.9. The van der Waals surface area contributed by atoms with Crippen molar-refractivity contribution in [3.05, 3.63) is 11.5 Å². The summed E-state index contributed by atoms with van der Waals surface area (Å²) < 4.78 is 17.6.